The first-order valence-corrected chi connectivity index (χ1v) is 9.88. The maximum absolute atomic E-state index is 5.44. The van der Waals surface area contributed by atoms with E-state index in [-0.39, 0.29) is 5.25 Å². The molecule has 0 aliphatic rings. The third-order valence-corrected chi connectivity index (χ3v) is 5.91. The number of aromatic nitrogens is 5. The van der Waals surface area contributed by atoms with E-state index in [9.17, 15) is 0 Å². The van der Waals surface area contributed by atoms with Crippen LogP contribution < -0.4 is 0 Å². The summed E-state index contributed by atoms with van der Waals surface area (Å²) >= 11 is 3.14. The van der Waals surface area contributed by atoms with Crippen molar-refractivity contribution in [2.45, 2.75) is 24.3 Å². The van der Waals surface area contributed by atoms with Gasteiger partial charge in [-0.3, -0.25) is 0 Å². The van der Waals surface area contributed by atoms with Crippen LogP contribution in [0.2, 0.25) is 0 Å². The standard InChI is InChI=1S/C18H17N5OS2/c1-11-6-4-7-13(10-11)16-20-21-18(23(16)3)26-12(2)17-19-15(22-24-17)14-8-5-9-25-14/h4-10,12H,1-3H3. The number of nitrogens with zero attached hydrogens (tertiary/aromatic N) is 5. The second-order valence-electron chi connectivity index (χ2n) is 5.93. The molecule has 0 spiro atoms. The number of hydrogen-bond acceptors (Lipinski definition) is 7. The zero-order valence-corrected chi connectivity index (χ0v) is 16.2. The van der Waals surface area contributed by atoms with E-state index in [4.69, 9.17) is 4.52 Å². The van der Waals surface area contributed by atoms with E-state index in [1.165, 1.54) is 5.56 Å². The summed E-state index contributed by atoms with van der Waals surface area (Å²) in [5, 5.41) is 15.5. The molecule has 3 heterocycles. The lowest BCUT2D eigenvalue weighted by Gasteiger charge is -2.07. The van der Waals surface area contributed by atoms with Gasteiger partial charge in [0, 0.05) is 12.6 Å². The number of thiophene rings is 1. The minimum Gasteiger partial charge on any atom is -0.338 e. The van der Waals surface area contributed by atoms with Crippen LogP contribution >= 0.6 is 23.1 Å². The summed E-state index contributed by atoms with van der Waals surface area (Å²) in [6.07, 6.45) is 0. The minimum absolute atomic E-state index is 0.0236. The highest BCUT2D eigenvalue weighted by molar-refractivity contribution is 7.99. The fourth-order valence-electron chi connectivity index (χ4n) is 2.57. The van der Waals surface area contributed by atoms with Crippen molar-refractivity contribution >= 4 is 23.1 Å². The average Bonchev–Trinajstić information content (AvgIpc) is 3.36. The highest BCUT2D eigenvalue weighted by Gasteiger charge is 2.20. The van der Waals surface area contributed by atoms with Gasteiger partial charge in [-0.1, -0.05) is 46.7 Å². The molecule has 0 amide bonds. The quantitative estimate of drug-likeness (QED) is 0.463. The van der Waals surface area contributed by atoms with Gasteiger partial charge < -0.3 is 9.09 Å². The van der Waals surface area contributed by atoms with E-state index in [2.05, 4.69) is 39.4 Å². The lowest BCUT2D eigenvalue weighted by atomic mass is 10.1. The zero-order valence-electron chi connectivity index (χ0n) is 14.6. The molecule has 0 saturated carbocycles. The minimum atomic E-state index is -0.0236. The molecule has 0 N–H and O–H groups in total. The van der Waals surface area contributed by atoms with Crippen LogP contribution in [0.3, 0.4) is 0 Å². The van der Waals surface area contributed by atoms with Crippen molar-refractivity contribution in [3.05, 3.63) is 53.2 Å². The Morgan fingerprint density at radius 1 is 1.19 bits per heavy atom. The summed E-state index contributed by atoms with van der Waals surface area (Å²) in [7, 11) is 1.97. The Balaban J connectivity index is 1.54. The molecule has 4 rings (SSSR count). The Morgan fingerprint density at radius 2 is 2.08 bits per heavy atom. The maximum Gasteiger partial charge on any atom is 0.240 e. The van der Waals surface area contributed by atoms with Crippen LogP contribution in [0.5, 0.6) is 0 Å². The number of thioether (sulfide) groups is 1. The topological polar surface area (TPSA) is 69.6 Å². The van der Waals surface area contributed by atoms with Crippen LogP contribution in [0.1, 0.15) is 23.6 Å². The number of rotatable bonds is 5. The van der Waals surface area contributed by atoms with Crippen LogP contribution in [-0.4, -0.2) is 24.9 Å². The van der Waals surface area contributed by atoms with Gasteiger partial charge in [0.05, 0.1) is 10.1 Å². The van der Waals surface area contributed by atoms with Gasteiger partial charge >= 0.3 is 0 Å². The monoisotopic (exact) mass is 383 g/mol. The van der Waals surface area contributed by atoms with E-state index in [0.29, 0.717) is 11.7 Å². The fourth-order valence-corrected chi connectivity index (χ4v) is 4.06. The van der Waals surface area contributed by atoms with Crippen LogP contribution in [-0.2, 0) is 7.05 Å². The molecule has 132 valence electrons. The molecule has 0 aliphatic heterocycles. The molecule has 1 aromatic carbocycles. The molecule has 3 aromatic heterocycles. The van der Waals surface area contributed by atoms with E-state index >= 15 is 0 Å². The molecule has 26 heavy (non-hydrogen) atoms. The Morgan fingerprint density at radius 3 is 2.85 bits per heavy atom. The van der Waals surface area contributed by atoms with E-state index in [1.807, 2.05) is 48.2 Å². The van der Waals surface area contributed by atoms with Gasteiger partial charge in [-0.05, 0) is 31.4 Å². The lowest BCUT2D eigenvalue weighted by Crippen LogP contribution is -1.97. The first-order chi connectivity index (χ1) is 12.6. The van der Waals surface area contributed by atoms with Crippen molar-refractivity contribution in [2.75, 3.05) is 0 Å². The largest absolute Gasteiger partial charge is 0.338 e. The third kappa shape index (κ3) is 3.30. The molecule has 1 atom stereocenters. The van der Waals surface area contributed by atoms with Gasteiger partial charge in [-0.25, -0.2) is 0 Å². The molecule has 8 heteroatoms. The molecular weight excluding hydrogens is 366 g/mol. The van der Waals surface area contributed by atoms with Gasteiger partial charge in [0.1, 0.15) is 0 Å². The van der Waals surface area contributed by atoms with Crippen LogP contribution in [0.4, 0.5) is 0 Å². The molecule has 1 unspecified atom stereocenters. The van der Waals surface area contributed by atoms with Gasteiger partial charge in [0.25, 0.3) is 0 Å². The Hall–Kier alpha value is -2.45. The number of hydrogen-bond donors (Lipinski definition) is 0. The summed E-state index contributed by atoms with van der Waals surface area (Å²) in [6.45, 7) is 4.09. The molecular formula is C18H17N5OS2. The molecule has 0 fully saturated rings. The molecule has 0 saturated heterocycles. The molecule has 0 aliphatic carbocycles. The summed E-state index contributed by atoms with van der Waals surface area (Å²) in [4.78, 5) is 5.51. The van der Waals surface area contributed by atoms with Crippen molar-refractivity contribution in [3.63, 3.8) is 0 Å². The van der Waals surface area contributed by atoms with Gasteiger partial charge in [0.2, 0.25) is 11.7 Å². The SMILES string of the molecule is Cc1cccc(-c2nnc(SC(C)c3nc(-c4cccs4)no3)n2C)c1. The fraction of sp³-hybridized carbons (Fsp3) is 0.222. The summed E-state index contributed by atoms with van der Waals surface area (Å²) < 4.78 is 7.43. The first-order valence-electron chi connectivity index (χ1n) is 8.12. The van der Waals surface area contributed by atoms with E-state index in [1.54, 1.807) is 23.1 Å². The maximum atomic E-state index is 5.44. The summed E-state index contributed by atoms with van der Waals surface area (Å²) in [5.41, 5.74) is 2.25. The molecule has 0 radical (unpaired) electrons. The third-order valence-electron chi connectivity index (χ3n) is 3.92. The number of aryl methyl sites for hydroxylation is 1. The highest BCUT2D eigenvalue weighted by Crippen LogP contribution is 2.35. The van der Waals surface area contributed by atoms with Crippen molar-refractivity contribution < 1.29 is 4.52 Å². The normalized spacial score (nSPS) is 12.4. The Labute approximate surface area is 159 Å². The van der Waals surface area contributed by atoms with Crippen molar-refractivity contribution in [1.29, 1.82) is 0 Å². The molecule has 4 aromatic rings. The van der Waals surface area contributed by atoms with E-state index in [0.717, 1.165) is 21.4 Å². The van der Waals surface area contributed by atoms with E-state index < -0.39 is 0 Å². The predicted molar refractivity (Wildman–Crippen MR) is 103 cm³/mol. The highest BCUT2D eigenvalue weighted by atomic mass is 32.2. The van der Waals surface area contributed by atoms with Crippen molar-refractivity contribution in [2.24, 2.45) is 7.05 Å². The summed E-state index contributed by atoms with van der Waals surface area (Å²) in [6, 6.07) is 12.2. The molecule has 0 bridgehead atoms. The Kier molecular flexibility index (Phi) is 4.60. The smallest absolute Gasteiger partial charge is 0.240 e. The van der Waals surface area contributed by atoms with Crippen LogP contribution in [0.25, 0.3) is 22.1 Å². The second-order valence-corrected chi connectivity index (χ2v) is 8.18. The predicted octanol–water partition coefficient (Wildman–Crippen LogP) is 4.76. The van der Waals surface area contributed by atoms with Gasteiger partial charge in [-0.2, -0.15) is 4.98 Å². The average molecular weight is 384 g/mol. The molecule has 6 nitrogen and oxygen atoms in total. The van der Waals surface area contributed by atoms with Gasteiger partial charge in [0.15, 0.2) is 11.0 Å². The van der Waals surface area contributed by atoms with Crippen LogP contribution in [0.15, 0.2) is 51.5 Å². The van der Waals surface area contributed by atoms with Gasteiger partial charge in [-0.15, -0.1) is 21.5 Å². The van der Waals surface area contributed by atoms with Crippen molar-refractivity contribution in [3.8, 4) is 22.1 Å². The zero-order chi connectivity index (χ0) is 18.1. The van der Waals surface area contributed by atoms with Crippen LogP contribution in [0, 0.1) is 6.92 Å². The summed E-state index contributed by atoms with van der Waals surface area (Å²) in [5.74, 6) is 2.05. The second kappa shape index (κ2) is 7.05. The Bertz CT molecular complexity index is 1020. The lowest BCUT2D eigenvalue weighted by molar-refractivity contribution is 0.380. The first kappa shape index (κ1) is 17.0. The van der Waals surface area contributed by atoms with Crippen molar-refractivity contribution in [1.82, 2.24) is 24.9 Å². The number of benzene rings is 1.